The fraction of sp³-hybridized carbons (Fsp3) is 0.0400. The number of amides is 1. The summed E-state index contributed by atoms with van der Waals surface area (Å²) in [5.74, 6) is 0.144. The van der Waals surface area contributed by atoms with E-state index in [9.17, 15) is 9.90 Å². The first kappa shape index (κ1) is 19.2. The molecule has 4 aromatic rings. The highest BCUT2D eigenvalue weighted by molar-refractivity contribution is 6.01. The fourth-order valence-corrected chi connectivity index (χ4v) is 3.06. The molecule has 0 aliphatic rings. The summed E-state index contributed by atoms with van der Waals surface area (Å²) < 4.78 is 5.80. The smallest absolute Gasteiger partial charge is 0.275 e. The van der Waals surface area contributed by atoms with Crippen LogP contribution in [-0.2, 0) is 6.61 Å². The third-order valence-electron chi connectivity index (χ3n) is 4.59. The first-order chi connectivity index (χ1) is 14.7. The van der Waals surface area contributed by atoms with E-state index in [4.69, 9.17) is 4.74 Å². The predicted molar refractivity (Wildman–Crippen MR) is 118 cm³/mol. The molecule has 0 spiro atoms. The first-order valence-electron chi connectivity index (χ1n) is 9.51. The summed E-state index contributed by atoms with van der Waals surface area (Å²) in [5.41, 5.74) is 4.50. The summed E-state index contributed by atoms with van der Waals surface area (Å²) in [6.07, 6.45) is 1.53. The molecule has 0 atom stereocenters. The van der Waals surface area contributed by atoms with Crippen molar-refractivity contribution >= 4 is 22.9 Å². The third kappa shape index (κ3) is 4.64. The van der Waals surface area contributed by atoms with E-state index in [0.29, 0.717) is 12.4 Å². The lowest BCUT2D eigenvalue weighted by Gasteiger charge is -2.07. The van der Waals surface area contributed by atoms with Gasteiger partial charge in [-0.25, -0.2) is 5.43 Å². The van der Waals surface area contributed by atoms with Crippen LogP contribution in [0.1, 0.15) is 21.5 Å². The average Bonchev–Trinajstić information content (AvgIpc) is 2.78. The Morgan fingerprint density at radius 3 is 2.43 bits per heavy atom. The molecular formula is C25H20N2O3. The summed E-state index contributed by atoms with van der Waals surface area (Å²) in [5, 5.41) is 15.9. The highest BCUT2D eigenvalue weighted by Crippen LogP contribution is 2.24. The number of rotatable bonds is 6. The molecule has 0 radical (unpaired) electrons. The van der Waals surface area contributed by atoms with Gasteiger partial charge in [0.15, 0.2) is 0 Å². The monoisotopic (exact) mass is 396 g/mol. The standard InChI is InChI=1S/C25H20N2O3/c28-24-15-21-11-5-4-10-20(21)14-23(24)25(29)27-26-16-19-9-6-12-22(13-19)30-17-18-7-2-1-3-8-18/h1-16,28H,17H2,(H,27,29)/b26-16-. The van der Waals surface area contributed by atoms with Crippen molar-refractivity contribution in [1.29, 1.82) is 0 Å². The number of aromatic hydroxyl groups is 1. The number of nitrogens with one attached hydrogen (secondary N) is 1. The molecule has 0 saturated carbocycles. The molecular weight excluding hydrogens is 376 g/mol. The largest absolute Gasteiger partial charge is 0.507 e. The number of carbonyl (C=O) groups excluding carboxylic acids is 1. The highest BCUT2D eigenvalue weighted by Gasteiger charge is 2.11. The molecule has 0 aromatic heterocycles. The molecule has 0 fully saturated rings. The van der Waals surface area contributed by atoms with Gasteiger partial charge in [-0.15, -0.1) is 0 Å². The van der Waals surface area contributed by atoms with Crippen LogP contribution in [0.3, 0.4) is 0 Å². The van der Waals surface area contributed by atoms with Gasteiger partial charge >= 0.3 is 0 Å². The Morgan fingerprint density at radius 2 is 1.63 bits per heavy atom. The minimum atomic E-state index is -0.481. The number of fused-ring (bicyclic) bond motifs is 1. The summed E-state index contributed by atoms with van der Waals surface area (Å²) in [6, 6.07) is 28.1. The zero-order valence-electron chi connectivity index (χ0n) is 16.2. The van der Waals surface area contributed by atoms with Gasteiger partial charge in [0.1, 0.15) is 18.1 Å². The molecule has 4 aromatic carbocycles. The number of hydrogen-bond acceptors (Lipinski definition) is 4. The number of nitrogens with zero attached hydrogens (tertiary/aromatic N) is 1. The fourth-order valence-electron chi connectivity index (χ4n) is 3.06. The van der Waals surface area contributed by atoms with Gasteiger partial charge in [0.2, 0.25) is 0 Å². The summed E-state index contributed by atoms with van der Waals surface area (Å²) in [4.78, 5) is 12.4. The second kappa shape index (κ2) is 8.92. The minimum absolute atomic E-state index is 0.0855. The van der Waals surface area contributed by atoms with Crippen LogP contribution in [0.2, 0.25) is 0 Å². The van der Waals surface area contributed by atoms with Crippen LogP contribution >= 0.6 is 0 Å². The molecule has 0 aliphatic carbocycles. The van der Waals surface area contributed by atoms with Crippen LogP contribution in [0, 0.1) is 0 Å². The lowest BCUT2D eigenvalue weighted by atomic mass is 10.1. The zero-order valence-corrected chi connectivity index (χ0v) is 16.2. The minimum Gasteiger partial charge on any atom is -0.507 e. The number of phenols is 1. The average molecular weight is 396 g/mol. The Kier molecular flexibility index (Phi) is 5.71. The highest BCUT2D eigenvalue weighted by atomic mass is 16.5. The van der Waals surface area contributed by atoms with Gasteiger partial charge in [-0.2, -0.15) is 5.10 Å². The Balaban J connectivity index is 1.40. The van der Waals surface area contributed by atoms with Gasteiger partial charge in [-0.05, 0) is 46.2 Å². The molecule has 0 aliphatic heterocycles. The van der Waals surface area contributed by atoms with Crippen LogP contribution in [-0.4, -0.2) is 17.2 Å². The number of ether oxygens (including phenoxy) is 1. The van der Waals surface area contributed by atoms with Crippen molar-refractivity contribution in [2.45, 2.75) is 6.61 Å². The quantitative estimate of drug-likeness (QED) is 0.360. The normalized spacial score (nSPS) is 10.9. The number of hydrogen-bond donors (Lipinski definition) is 2. The summed E-state index contributed by atoms with van der Waals surface area (Å²) in [6.45, 7) is 0.472. The van der Waals surface area contributed by atoms with E-state index in [1.165, 1.54) is 6.21 Å². The molecule has 1 amide bonds. The molecule has 5 heteroatoms. The van der Waals surface area contributed by atoms with E-state index in [1.54, 1.807) is 12.1 Å². The van der Waals surface area contributed by atoms with E-state index in [1.807, 2.05) is 78.9 Å². The Morgan fingerprint density at radius 1 is 0.900 bits per heavy atom. The molecule has 148 valence electrons. The number of carbonyl (C=O) groups is 1. The van der Waals surface area contributed by atoms with Gasteiger partial charge in [0.05, 0.1) is 11.8 Å². The van der Waals surface area contributed by atoms with Crippen molar-refractivity contribution in [1.82, 2.24) is 5.43 Å². The van der Waals surface area contributed by atoms with Crippen molar-refractivity contribution in [2.75, 3.05) is 0 Å². The lowest BCUT2D eigenvalue weighted by Crippen LogP contribution is -2.17. The molecule has 0 heterocycles. The Bertz CT molecular complexity index is 1200. The summed E-state index contributed by atoms with van der Waals surface area (Å²) >= 11 is 0. The van der Waals surface area contributed by atoms with E-state index in [0.717, 1.165) is 21.9 Å². The maximum absolute atomic E-state index is 12.4. The van der Waals surface area contributed by atoms with Gasteiger partial charge in [0.25, 0.3) is 5.91 Å². The molecule has 0 saturated heterocycles. The van der Waals surface area contributed by atoms with Crippen molar-refractivity contribution in [3.8, 4) is 11.5 Å². The second-order valence-corrected chi connectivity index (χ2v) is 6.76. The maximum atomic E-state index is 12.4. The van der Waals surface area contributed by atoms with Gasteiger partial charge in [-0.1, -0.05) is 66.7 Å². The van der Waals surface area contributed by atoms with Crippen LogP contribution in [0.4, 0.5) is 0 Å². The van der Waals surface area contributed by atoms with Crippen LogP contribution < -0.4 is 10.2 Å². The Hall–Kier alpha value is -4.12. The lowest BCUT2D eigenvalue weighted by molar-refractivity contribution is 0.0952. The molecule has 2 N–H and O–H groups in total. The van der Waals surface area contributed by atoms with Crippen LogP contribution in [0.25, 0.3) is 10.8 Å². The third-order valence-corrected chi connectivity index (χ3v) is 4.59. The zero-order chi connectivity index (χ0) is 20.8. The predicted octanol–water partition coefficient (Wildman–Crippen LogP) is 4.89. The molecule has 30 heavy (non-hydrogen) atoms. The molecule has 0 bridgehead atoms. The maximum Gasteiger partial charge on any atom is 0.275 e. The van der Waals surface area contributed by atoms with Crippen molar-refractivity contribution in [2.24, 2.45) is 5.10 Å². The van der Waals surface area contributed by atoms with Crippen LogP contribution in [0.15, 0.2) is 96.1 Å². The Labute approximate surface area is 174 Å². The van der Waals surface area contributed by atoms with Crippen molar-refractivity contribution in [3.63, 3.8) is 0 Å². The first-order valence-corrected chi connectivity index (χ1v) is 9.51. The molecule has 5 nitrogen and oxygen atoms in total. The van der Waals surface area contributed by atoms with Gasteiger partial charge in [0, 0.05) is 0 Å². The topological polar surface area (TPSA) is 70.9 Å². The second-order valence-electron chi connectivity index (χ2n) is 6.76. The number of benzene rings is 4. The van der Waals surface area contributed by atoms with E-state index in [2.05, 4.69) is 10.5 Å². The van der Waals surface area contributed by atoms with Gasteiger partial charge < -0.3 is 9.84 Å². The van der Waals surface area contributed by atoms with E-state index < -0.39 is 5.91 Å². The molecule has 0 unspecified atom stereocenters. The van der Waals surface area contributed by atoms with Crippen molar-refractivity contribution < 1.29 is 14.6 Å². The van der Waals surface area contributed by atoms with Gasteiger partial charge in [-0.3, -0.25) is 4.79 Å². The van der Waals surface area contributed by atoms with E-state index in [-0.39, 0.29) is 11.3 Å². The number of hydrazone groups is 1. The summed E-state index contributed by atoms with van der Waals surface area (Å²) in [7, 11) is 0. The SMILES string of the molecule is O=C(N/N=C\c1cccc(OCc2ccccc2)c1)c1cc2ccccc2cc1O. The van der Waals surface area contributed by atoms with Crippen molar-refractivity contribution in [3.05, 3.63) is 108 Å². The molecule has 4 rings (SSSR count). The van der Waals surface area contributed by atoms with E-state index >= 15 is 0 Å². The number of phenolic OH excluding ortho intramolecular Hbond substituents is 1. The van der Waals surface area contributed by atoms with Crippen LogP contribution in [0.5, 0.6) is 11.5 Å².